The average molecular weight is 247 g/mol. The zero-order chi connectivity index (χ0) is 13.2. The van der Waals surface area contributed by atoms with Crippen LogP contribution >= 0.6 is 0 Å². The molecule has 1 atom stereocenters. The molecular formula is C15H21NO2. The van der Waals surface area contributed by atoms with Gasteiger partial charge in [-0.05, 0) is 24.5 Å². The highest BCUT2D eigenvalue weighted by molar-refractivity contribution is 5.87. The first kappa shape index (κ1) is 14.5. The van der Waals surface area contributed by atoms with Gasteiger partial charge in [-0.15, -0.1) is 0 Å². The molecule has 98 valence electrons. The van der Waals surface area contributed by atoms with E-state index in [4.69, 9.17) is 0 Å². The maximum atomic E-state index is 11.6. The Hall–Kier alpha value is -1.61. The van der Waals surface area contributed by atoms with Crippen molar-refractivity contribution in [1.82, 2.24) is 5.32 Å². The van der Waals surface area contributed by atoms with E-state index in [0.29, 0.717) is 6.42 Å². The van der Waals surface area contributed by atoms with Gasteiger partial charge in [-0.3, -0.25) is 4.79 Å². The van der Waals surface area contributed by atoms with E-state index in [0.717, 1.165) is 18.4 Å². The molecule has 0 bridgehead atoms. The summed E-state index contributed by atoms with van der Waals surface area (Å²) in [7, 11) is 0. The number of rotatable bonds is 7. The fourth-order valence-electron chi connectivity index (χ4n) is 1.67. The molecule has 0 unspecified atom stereocenters. The minimum Gasteiger partial charge on any atom is -0.394 e. The van der Waals surface area contributed by atoms with Crippen molar-refractivity contribution in [3.8, 4) is 0 Å². The van der Waals surface area contributed by atoms with Crippen molar-refractivity contribution in [1.29, 1.82) is 0 Å². The Labute approximate surface area is 109 Å². The van der Waals surface area contributed by atoms with Crippen molar-refractivity contribution >= 4 is 5.91 Å². The molecule has 0 aliphatic carbocycles. The highest BCUT2D eigenvalue weighted by Gasteiger charge is 2.09. The van der Waals surface area contributed by atoms with E-state index >= 15 is 0 Å². The summed E-state index contributed by atoms with van der Waals surface area (Å²) < 4.78 is 0. The van der Waals surface area contributed by atoms with Crippen LogP contribution in [0.4, 0.5) is 0 Å². The normalized spacial score (nSPS) is 12.6. The van der Waals surface area contributed by atoms with Gasteiger partial charge >= 0.3 is 0 Å². The van der Waals surface area contributed by atoms with E-state index in [1.807, 2.05) is 36.4 Å². The molecule has 0 heterocycles. The zero-order valence-corrected chi connectivity index (χ0v) is 10.8. The van der Waals surface area contributed by atoms with Gasteiger partial charge in [-0.25, -0.2) is 0 Å². The Morgan fingerprint density at radius 1 is 1.39 bits per heavy atom. The Balaban J connectivity index is 2.44. The van der Waals surface area contributed by atoms with Crippen molar-refractivity contribution in [3.05, 3.63) is 48.0 Å². The summed E-state index contributed by atoms with van der Waals surface area (Å²) in [6.45, 7) is 2.01. The first-order chi connectivity index (χ1) is 8.76. The first-order valence-corrected chi connectivity index (χ1v) is 6.38. The number of hydrogen-bond donors (Lipinski definition) is 2. The highest BCUT2D eigenvalue weighted by atomic mass is 16.3. The standard InChI is InChI=1S/C15H21NO2/c1-2-3-5-10-15(18)16-14(12-17)11-13-8-6-4-7-9-13/h4-10,14,17H,2-3,11-12H2,1H3,(H,16,18)/b10-5+/t14-/m0/s1. The molecule has 0 aliphatic heterocycles. The molecule has 0 fully saturated rings. The van der Waals surface area contributed by atoms with Crippen LogP contribution in [0.15, 0.2) is 42.5 Å². The van der Waals surface area contributed by atoms with Crippen LogP contribution in [0, 0.1) is 0 Å². The molecule has 1 aromatic rings. The Bertz CT molecular complexity index is 373. The molecule has 3 nitrogen and oxygen atoms in total. The van der Waals surface area contributed by atoms with Gasteiger partial charge in [0.15, 0.2) is 0 Å². The molecule has 3 heteroatoms. The van der Waals surface area contributed by atoms with E-state index in [9.17, 15) is 9.90 Å². The smallest absolute Gasteiger partial charge is 0.243 e. The van der Waals surface area contributed by atoms with Gasteiger partial charge in [0.05, 0.1) is 12.6 Å². The molecule has 0 radical (unpaired) electrons. The van der Waals surface area contributed by atoms with Crippen LogP contribution in [0.2, 0.25) is 0 Å². The first-order valence-electron chi connectivity index (χ1n) is 6.38. The monoisotopic (exact) mass is 247 g/mol. The Kier molecular flexibility index (Phi) is 6.81. The zero-order valence-electron chi connectivity index (χ0n) is 10.8. The lowest BCUT2D eigenvalue weighted by molar-refractivity contribution is -0.117. The van der Waals surface area contributed by atoms with Gasteiger partial charge in [0, 0.05) is 0 Å². The summed E-state index contributed by atoms with van der Waals surface area (Å²) in [6, 6.07) is 9.60. The predicted octanol–water partition coefficient (Wildman–Crippen LogP) is 2.06. The minimum absolute atomic E-state index is 0.0533. The summed E-state index contributed by atoms with van der Waals surface area (Å²) in [5, 5.41) is 12.1. The van der Waals surface area contributed by atoms with E-state index < -0.39 is 0 Å². The quantitative estimate of drug-likeness (QED) is 0.725. The lowest BCUT2D eigenvalue weighted by Crippen LogP contribution is -2.38. The Morgan fingerprint density at radius 3 is 2.72 bits per heavy atom. The van der Waals surface area contributed by atoms with Gasteiger partial charge in [0.2, 0.25) is 5.91 Å². The average Bonchev–Trinajstić information content (AvgIpc) is 2.39. The number of aliphatic hydroxyl groups is 1. The molecule has 1 rings (SSSR count). The van der Waals surface area contributed by atoms with Crippen LogP contribution in [-0.2, 0) is 11.2 Å². The van der Waals surface area contributed by atoms with Crippen LogP contribution in [0.5, 0.6) is 0 Å². The number of carbonyl (C=O) groups is 1. The number of unbranched alkanes of at least 4 members (excludes halogenated alkanes) is 1. The number of aliphatic hydroxyl groups excluding tert-OH is 1. The molecule has 0 aliphatic rings. The summed E-state index contributed by atoms with van der Waals surface area (Å²) in [4.78, 5) is 11.6. The van der Waals surface area contributed by atoms with Crippen LogP contribution in [0.3, 0.4) is 0 Å². The van der Waals surface area contributed by atoms with E-state index in [1.165, 1.54) is 6.08 Å². The third kappa shape index (κ3) is 5.64. The van der Waals surface area contributed by atoms with Gasteiger partial charge in [0.25, 0.3) is 0 Å². The van der Waals surface area contributed by atoms with Crippen molar-refractivity contribution in [2.75, 3.05) is 6.61 Å². The third-order valence-corrected chi connectivity index (χ3v) is 2.62. The summed E-state index contributed by atoms with van der Waals surface area (Å²) in [5.41, 5.74) is 1.11. The fraction of sp³-hybridized carbons (Fsp3) is 0.400. The van der Waals surface area contributed by atoms with Crippen molar-refractivity contribution in [2.45, 2.75) is 32.2 Å². The second-order valence-corrected chi connectivity index (χ2v) is 4.27. The van der Waals surface area contributed by atoms with Crippen molar-refractivity contribution in [2.24, 2.45) is 0 Å². The van der Waals surface area contributed by atoms with Crippen LogP contribution in [-0.4, -0.2) is 23.7 Å². The predicted molar refractivity (Wildman–Crippen MR) is 73.2 cm³/mol. The molecule has 0 aromatic heterocycles. The fourth-order valence-corrected chi connectivity index (χ4v) is 1.67. The molecule has 0 spiro atoms. The second kappa shape index (κ2) is 8.48. The third-order valence-electron chi connectivity index (χ3n) is 2.62. The molecule has 1 aromatic carbocycles. The van der Waals surface area contributed by atoms with E-state index in [2.05, 4.69) is 12.2 Å². The highest BCUT2D eigenvalue weighted by Crippen LogP contribution is 2.03. The summed E-state index contributed by atoms with van der Waals surface area (Å²) in [5.74, 6) is -0.140. The Morgan fingerprint density at radius 2 is 2.11 bits per heavy atom. The van der Waals surface area contributed by atoms with Gasteiger partial charge in [-0.2, -0.15) is 0 Å². The number of carbonyl (C=O) groups excluding carboxylic acids is 1. The number of benzene rings is 1. The molecular weight excluding hydrogens is 226 g/mol. The van der Waals surface area contributed by atoms with Gasteiger partial charge in [0.1, 0.15) is 0 Å². The number of allylic oxidation sites excluding steroid dienone is 1. The van der Waals surface area contributed by atoms with Crippen molar-refractivity contribution < 1.29 is 9.90 Å². The summed E-state index contributed by atoms with van der Waals surface area (Å²) >= 11 is 0. The van der Waals surface area contributed by atoms with Gasteiger partial charge in [-0.1, -0.05) is 49.8 Å². The number of nitrogens with one attached hydrogen (secondary N) is 1. The largest absolute Gasteiger partial charge is 0.394 e. The second-order valence-electron chi connectivity index (χ2n) is 4.27. The molecule has 1 amide bonds. The molecule has 0 saturated heterocycles. The molecule has 18 heavy (non-hydrogen) atoms. The lowest BCUT2D eigenvalue weighted by Gasteiger charge is -2.15. The van der Waals surface area contributed by atoms with E-state index in [-0.39, 0.29) is 18.6 Å². The minimum atomic E-state index is -0.230. The molecule has 2 N–H and O–H groups in total. The van der Waals surface area contributed by atoms with E-state index in [1.54, 1.807) is 0 Å². The maximum absolute atomic E-state index is 11.6. The number of amides is 1. The number of hydrogen-bond acceptors (Lipinski definition) is 2. The molecule has 0 saturated carbocycles. The SMILES string of the molecule is CCC/C=C/C(=O)N[C@H](CO)Cc1ccccc1. The van der Waals surface area contributed by atoms with Crippen LogP contribution in [0.25, 0.3) is 0 Å². The lowest BCUT2D eigenvalue weighted by atomic mass is 10.1. The topological polar surface area (TPSA) is 49.3 Å². The van der Waals surface area contributed by atoms with Crippen LogP contribution in [0.1, 0.15) is 25.3 Å². The summed E-state index contributed by atoms with van der Waals surface area (Å²) in [6.07, 6.45) is 5.96. The van der Waals surface area contributed by atoms with Gasteiger partial charge < -0.3 is 10.4 Å². The van der Waals surface area contributed by atoms with Crippen LogP contribution < -0.4 is 5.32 Å². The van der Waals surface area contributed by atoms with Crippen molar-refractivity contribution in [3.63, 3.8) is 0 Å². The maximum Gasteiger partial charge on any atom is 0.243 e.